The van der Waals surface area contributed by atoms with E-state index >= 15 is 0 Å². The zero-order valence-corrected chi connectivity index (χ0v) is 10.4. The number of aromatic nitrogens is 2. The summed E-state index contributed by atoms with van der Waals surface area (Å²) in [5, 5.41) is 9.07. The molecule has 0 fully saturated rings. The Balaban J connectivity index is 2.64. The van der Waals surface area contributed by atoms with E-state index in [0.29, 0.717) is 5.56 Å². The molecule has 0 saturated heterocycles. The molecule has 0 saturated carbocycles. The maximum atomic E-state index is 9.07. The van der Waals surface area contributed by atoms with Crippen molar-refractivity contribution in [3.05, 3.63) is 46.5 Å². The number of hydrogen-bond acceptors (Lipinski definition) is 2. The highest BCUT2D eigenvalue weighted by molar-refractivity contribution is 9.10. The molecule has 0 aliphatic heterocycles. The lowest BCUT2D eigenvalue weighted by molar-refractivity contribution is 0.889. The predicted octanol–water partition coefficient (Wildman–Crippen LogP) is 3.07. The van der Waals surface area contributed by atoms with Crippen LogP contribution < -0.4 is 0 Å². The molecule has 1 aromatic heterocycles. The molecular formula is C12H10BrN3. The molecule has 16 heavy (non-hydrogen) atoms. The lowest BCUT2D eigenvalue weighted by Gasteiger charge is -2.08. The van der Waals surface area contributed by atoms with Gasteiger partial charge in [0.15, 0.2) is 0 Å². The third kappa shape index (κ3) is 1.86. The van der Waals surface area contributed by atoms with Crippen LogP contribution in [0.25, 0.3) is 5.69 Å². The molecule has 0 spiro atoms. The van der Waals surface area contributed by atoms with Crippen LogP contribution in [0.15, 0.2) is 35.1 Å². The van der Waals surface area contributed by atoms with Crippen LogP contribution in [0.4, 0.5) is 0 Å². The van der Waals surface area contributed by atoms with Gasteiger partial charge in [0.25, 0.3) is 0 Å². The molecule has 2 rings (SSSR count). The standard InChI is InChI=1S/C12H10BrN3/c1-2-12-15-5-6-16(12)11-7-10(13)4-3-9(11)8-14/h3-7H,2H2,1H3. The van der Waals surface area contributed by atoms with Gasteiger partial charge in [-0.2, -0.15) is 5.26 Å². The molecule has 3 nitrogen and oxygen atoms in total. The predicted molar refractivity (Wildman–Crippen MR) is 65.4 cm³/mol. The normalized spacial score (nSPS) is 10.1. The Hall–Kier alpha value is -1.60. The van der Waals surface area contributed by atoms with Crippen molar-refractivity contribution >= 4 is 15.9 Å². The smallest absolute Gasteiger partial charge is 0.112 e. The Morgan fingerprint density at radius 2 is 2.31 bits per heavy atom. The largest absolute Gasteiger partial charge is 0.302 e. The van der Waals surface area contributed by atoms with E-state index in [1.54, 1.807) is 12.3 Å². The van der Waals surface area contributed by atoms with E-state index in [9.17, 15) is 0 Å². The Morgan fingerprint density at radius 1 is 1.50 bits per heavy atom. The second kappa shape index (κ2) is 4.50. The van der Waals surface area contributed by atoms with Gasteiger partial charge >= 0.3 is 0 Å². The highest BCUT2D eigenvalue weighted by atomic mass is 79.9. The fourth-order valence-electron chi connectivity index (χ4n) is 1.61. The van der Waals surface area contributed by atoms with Gasteiger partial charge in [-0.3, -0.25) is 0 Å². The zero-order valence-electron chi connectivity index (χ0n) is 8.81. The van der Waals surface area contributed by atoms with E-state index in [1.807, 2.05) is 29.8 Å². The monoisotopic (exact) mass is 275 g/mol. The number of nitrogens with zero attached hydrogens (tertiary/aromatic N) is 3. The summed E-state index contributed by atoms with van der Waals surface area (Å²) < 4.78 is 2.90. The number of nitriles is 1. The molecule has 0 aliphatic rings. The average molecular weight is 276 g/mol. The summed E-state index contributed by atoms with van der Waals surface area (Å²) in [7, 11) is 0. The van der Waals surface area contributed by atoms with Gasteiger partial charge in [0.2, 0.25) is 0 Å². The lowest BCUT2D eigenvalue weighted by Crippen LogP contribution is -2.01. The van der Waals surface area contributed by atoms with Crippen LogP contribution in [-0.2, 0) is 6.42 Å². The summed E-state index contributed by atoms with van der Waals surface area (Å²) in [5.41, 5.74) is 1.52. The van der Waals surface area contributed by atoms with E-state index in [0.717, 1.165) is 22.4 Å². The quantitative estimate of drug-likeness (QED) is 0.845. The summed E-state index contributed by atoms with van der Waals surface area (Å²) >= 11 is 3.41. The van der Waals surface area contributed by atoms with Crippen LogP contribution in [0.5, 0.6) is 0 Å². The van der Waals surface area contributed by atoms with E-state index in [-0.39, 0.29) is 0 Å². The van der Waals surface area contributed by atoms with Crippen LogP contribution in [0.2, 0.25) is 0 Å². The minimum absolute atomic E-state index is 0.649. The number of aryl methyl sites for hydroxylation is 1. The van der Waals surface area contributed by atoms with Crippen molar-refractivity contribution in [3.8, 4) is 11.8 Å². The molecule has 1 aromatic carbocycles. The van der Waals surface area contributed by atoms with Gasteiger partial charge in [-0.1, -0.05) is 22.9 Å². The van der Waals surface area contributed by atoms with Crippen molar-refractivity contribution in [2.45, 2.75) is 13.3 Å². The van der Waals surface area contributed by atoms with Crippen molar-refractivity contribution < 1.29 is 0 Å². The maximum absolute atomic E-state index is 9.07. The van der Waals surface area contributed by atoms with E-state index in [4.69, 9.17) is 5.26 Å². The highest BCUT2D eigenvalue weighted by Gasteiger charge is 2.08. The molecule has 0 bridgehead atoms. The first-order valence-electron chi connectivity index (χ1n) is 4.98. The van der Waals surface area contributed by atoms with Gasteiger partial charge < -0.3 is 4.57 Å². The summed E-state index contributed by atoms with van der Waals surface area (Å²) in [6.45, 7) is 2.04. The Morgan fingerprint density at radius 3 is 3.00 bits per heavy atom. The van der Waals surface area contributed by atoms with E-state index < -0.39 is 0 Å². The number of benzene rings is 1. The number of rotatable bonds is 2. The topological polar surface area (TPSA) is 41.6 Å². The van der Waals surface area contributed by atoms with Gasteiger partial charge in [-0.25, -0.2) is 4.98 Å². The van der Waals surface area contributed by atoms with Crippen LogP contribution in [0.1, 0.15) is 18.3 Å². The lowest BCUT2D eigenvalue weighted by atomic mass is 10.2. The molecule has 0 amide bonds. The molecule has 80 valence electrons. The van der Waals surface area contributed by atoms with Crippen molar-refractivity contribution in [1.29, 1.82) is 5.26 Å². The second-order valence-corrected chi connectivity index (χ2v) is 4.26. The maximum Gasteiger partial charge on any atom is 0.112 e. The summed E-state index contributed by atoms with van der Waals surface area (Å²) in [6, 6.07) is 7.79. The Kier molecular flexibility index (Phi) is 3.07. The van der Waals surface area contributed by atoms with E-state index in [2.05, 4.69) is 27.0 Å². The fourth-order valence-corrected chi connectivity index (χ4v) is 1.96. The number of halogens is 1. The molecule has 0 aliphatic carbocycles. The van der Waals surface area contributed by atoms with Crippen LogP contribution in [0.3, 0.4) is 0 Å². The van der Waals surface area contributed by atoms with Gasteiger partial charge in [0.05, 0.1) is 11.3 Å². The first-order chi connectivity index (χ1) is 7.76. The van der Waals surface area contributed by atoms with E-state index in [1.165, 1.54) is 0 Å². The molecule has 4 heteroatoms. The van der Waals surface area contributed by atoms with Crippen LogP contribution >= 0.6 is 15.9 Å². The van der Waals surface area contributed by atoms with Gasteiger partial charge in [-0.05, 0) is 18.2 Å². The Bertz CT molecular complexity index is 552. The first-order valence-corrected chi connectivity index (χ1v) is 5.77. The van der Waals surface area contributed by atoms with Crippen LogP contribution in [-0.4, -0.2) is 9.55 Å². The fraction of sp³-hybridized carbons (Fsp3) is 0.167. The Labute approximate surface area is 102 Å². The van der Waals surface area contributed by atoms with Gasteiger partial charge in [0.1, 0.15) is 11.9 Å². The van der Waals surface area contributed by atoms with Crippen LogP contribution in [0, 0.1) is 11.3 Å². The minimum Gasteiger partial charge on any atom is -0.302 e. The van der Waals surface area contributed by atoms with Gasteiger partial charge in [0, 0.05) is 23.3 Å². The summed E-state index contributed by atoms with van der Waals surface area (Å²) in [5.74, 6) is 0.953. The third-order valence-electron chi connectivity index (χ3n) is 2.37. The second-order valence-electron chi connectivity index (χ2n) is 3.34. The summed E-state index contributed by atoms with van der Waals surface area (Å²) in [6.07, 6.45) is 4.47. The van der Waals surface area contributed by atoms with Crippen molar-refractivity contribution in [3.63, 3.8) is 0 Å². The number of hydrogen-bond donors (Lipinski definition) is 0. The molecule has 1 heterocycles. The molecular weight excluding hydrogens is 266 g/mol. The third-order valence-corrected chi connectivity index (χ3v) is 2.87. The number of imidazole rings is 1. The highest BCUT2D eigenvalue weighted by Crippen LogP contribution is 2.21. The summed E-state index contributed by atoms with van der Waals surface area (Å²) in [4.78, 5) is 4.25. The molecule has 0 radical (unpaired) electrons. The van der Waals surface area contributed by atoms with Gasteiger partial charge in [-0.15, -0.1) is 0 Å². The molecule has 0 N–H and O–H groups in total. The molecule has 0 unspecified atom stereocenters. The minimum atomic E-state index is 0.649. The zero-order chi connectivity index (χ0) is 11.5. The molecule has 0 atom stereocenters. The molecule has 2 aromatic rings. The SMILES string of the molecule is CCc1nccn1-c1cc(Br)ccc1C#N. The van der Waals surface area contributed by atoms with Crippen molar-refractivity contribution in [1.82, 2.24) is 9.55 Å². The van der Waals surface area contributed by atoms with Crippen molar-refractivity contribution in [2.75, 3.05) is 0 Å². The first kappa shape index (κ1) is 10.9. The van der Waals surface area contributed by atoms with Crippen molar-refractivity contribution in [2.24, 2.45) is 0 Å². The average Bonchev–Trinajstić information content (AvgIpc) is 2.76.